The highest BCUT2D eigenvalue weighted by Gasteiger charge is 2.56. The van der Waals surface area contributed by atoms with Crippen molar-refractivity contribution in [2.45, 2.75) is 70.8 Å². The third-order valence-corrected chi connectivity index (χ3v) is 12.0. The van der Waals surface area contributed by atoms with E-state index in [-0.39, 0.29) is 16.6 Å². The van der Waals surface area contributed by atoms with Crippen molar-refractivity contribution in [3.8, 4) is 0 Å². The second-order valence-corrected chi connectivity index (χ2v) is 14.8. The van der Waals surface area contributed by atoms with Gasteiger partial charge in [-0.05, 0) is 27.2 Å². The van der Waals surface area contributed by atoms with Gasteiger partial charge in [0.05, 0.1) is 19.3 Å². The van der Waals surface area contributed by atoms with Crippen LogP contribution >= 0.6 is 0 Å². The monoisotopic (exact) mass is 424 g/mol. The summed E-state index contributed by atoms with van der Waals surface area (Å²) in [7, 11) is -2.56. The van der Waals surface area contributed by atoms with Crippen LogP contribution in [0, 0.1) is 5.41 Å². The fourth-order valence-electron chi connectivity index (χ4n) is 5.50. The molecule has 0 radical (unpaired) electrons. The lowest BCUT2D eigenvalue weighted by molar-refractivity contribution is -0.215. The van der Waals surface area contributed by atoms with Crippen molar-refractivity contribution < 1.29 is 13.9 Å². The highest BCUT2D eigenvalue weighted by Crippen LogP contribution is 2.49. The molecular weight excluding hydrogens is 388 g/mol. The number of ether oxygens (including phenoxy) is 2. The van der Waals surface area contributed by atoms with Crippen molar-refractivity contribution >= 4 is 18.7 Å². The number of hydrogen-bond donors (Lipinski definition) is 0. The average molecular weight is 425 g/mol. The second kappa shape index (κ2) is 7.90. The Kier molecular flexibility index (Phi) is 5.73. The van der Waals surface area contributed by atoms with E-state index in [1.54, 1.807) is 0 Å². The lowest BCUT2D eigenvalue weighted by Gasteiger charge is -2.52. The Hall–Kier alpha value is -1.46. The first-order valence-electron chi connectivity index (χ1n) is 11.3. The van der Waals surface area contributed by atoms with Crippen molar-refractivity contribution in [1.29, 1.82) is 0 Å². The van der Waals surface area contributed by atoms with Gasteiger partial charge in [-0.25, -0.2) is 0 Å². The minimum atomic E-state index is -2.56. The summed E-state index contributed by atoms with van der Waals surface area (Å²) in [5.74, 6) is -0.408. The fourth-order valence-corrected chi connectivity index (χ4v) is 10.4. The van der Waals surface area contributed by atoms with E-state index < -0.39 is 14.1 Å². The quantitative estimate of drug-likeness (QED) is 0.655. The van der Waals surface area contributed by atoms with Gasteiger partial charge in [0.1, 0.15) is 0 Å². The average Bonchev–Trinajstić information content (AvgIpc) is 3.15. The van der Waals surface area contributed by atoms with Gasteiger partial charge in [0.15, 0.2) is 5.79 Å². The first-order chi connectivity index (χ1) is 14.2. The Morgan fingerprint density at radius 2 is 1.37 bits per heavy atom. The molecule has 1 heterocycles. The molecule has 3 nitrogen and oxygen atoms in total. The van der Waals surface area contributed by atoms with Crippen molar-refractivity contribution in [3.63, 3.8) is 0 Å². The van der Waals surface area contributed by atoms with E-state index in [9.17, 15) is 0 Å². The Labute approximate surface area is 182 Å². The van der Waals surface area contributed by atoms with E-state index in [1.807, 2.05) is 0 Å². The van der Waals surface area contributed by atoms with Gasteiger partial charge in [0.25, 0.3) is 8.32 Å². The van der Waals surface area contributed by atoms with Gasteiger partial charge in [-0.2, -0.15) is 0 Å². The maximum Gasteiger partial charge on any atom is 0.261 e. The van der Waals surface area contributed by atoms with Crippen LogP contribution < -0.4 is 10.4 Å². The van der Waals surface area contributed by atoms with Crippen LogP contribution in [-0.4, -0.2) is 33.4 Å². The Bertz CT molecular complexity index is 796. The molecule has 2 aromatic carbocycles. The zero-order valence-corrected chi connectivity index (χ0v) is 20.1. The van der Waals surface area contributed by atoms with E-state index in [2.05, 4.69) is 95.3 Å². The molecule has 4 rings (SSSR count). The topological polar surface area (TPSA) is 27.7 Å². The summed E-state index contributed by atoms with van der Waals surface area (Å²) in [6.45, 7) is 13.1. The van der Waals surface area contributed by atoms with Gasteiger partial charge < -0.3 is 13.9 Å². The van der Waals surface area contributed by atoms with Gasteiger partial charge >= 0.3 is 0 Å². The Morgan fingerprint density at radius 1 is 0.867 bits per heavy atom. The van der Waals surface area contributed by atoms with Crippen LogP contribution in [0.3, 0.4) is 0 Å². The van der Waals surface area contributed by atoms with Crippen LogP contribution in [0.2, 0.25) is 5.04 Å². The van der Waals surface area contributed by atoms with E-state index in [0.29, 0.717) is 13.2 Å². The van der Waals surface area contributed by atoms with Crippen molar-refractivity contribution in [2.75, 3.05) is 13.2 Å². The van der Waals surface area contributed by atoms with Gasteiger partial charge in [0, 0.05) is 12.8 Å². The molecule has 1 aliphatic heterocycles. The molecule has 1 aliphatic carbocycles. The third-order valence-electron chi connectivity index (χ3n) is 6.93. The summed E-state index contributed by atoms with van der Waals surface area (Å²) >= 11 is 0. The van der Waals surface area contributed by atoms with Crippen LogP contribution in [0.4, 0.5) is 0 Å². The van der Waals surface area contributed by atoms with Gasteiger partial charge in [0.2, 0.25) is 0 Å². The number of hydrogen-bond acceptors (Lipinski definition) is 3. The van der Waals surface area contributed by atoms with E-state index in [0.717, 1.165) is 19.3 Å². The van der Waals surface area contributed by atoms with Crippen LogP contribution in [-0.2, 0) is 13.9 Å². The van der Waals surface area contributed by atoms with Crippen molar-refractivity contribution in [1.82, 2.24) is 0 Å². The van der Waals surface area contributed by atoms with Gasteiger partial charge in [-0.3, -0.25) is 0 Å². The zero-order valence-electron chi connectivity index (χ0n) is 19.1. The van der Waals surface area contributed by atoms with Crippen molar-refractivity contribution in [3.05, 3.63) is 60.7 Å². The van der Waals surface area contributed by atoms with Gasteiger partial charge in [-0.1, -0.05) is 95.3 Å². The van der Waals surface area contributed by atoms with Crippen LogP contribution in [0.5, 0.6) is 0 Å². The predicted molar refractivity (Wildman–Crippen MR) is 125 cm³/mol. The third kappa shape index (κ3) is 3.79. The predicted octanol–water partition coefficient (Wildman–Crippen LogP) is 4.88. The number of benzene rings is 2. The lowest BCUT2D eigenvalue weighted by Crippen LogP contribution is -2.69. The first-order valence-corrected chi connectivity index (χ1v) is 13.2. The van der Waals surface area contributed by atoms with Crippen LogP contribution in [0.15, 0.2) is 60.7 Å². The summed E-state index contributed by atoms with van der Waals surface area (Å²) < 4.78 is 19.6. The largest absolute Gasteiger partial charge is 0.404 e. The molecule has 162 valence electrons. The molecule has 0 N–H and O–H groups in total. The minimum Gasteiger partial charge on any atom is -0.404 e. The summed E-state index contributed by atoms with van der Waals surface area (Å²) in [4.78, 5) is 0. The fraction of sp³-hybridized carbons (Fsp3) is 0.538. The summed E-state index contributed by atoms with van der Waals surface area (Å²) in [6, 6.07) is 21.9. The SMILES string of the molecule is CC1(C)CC2(CC[C@H]1O[Si](c1ccccc1)(c1ccccc1)C(C)(C)C)OCCO2. The first kappa shape index (κ1) is 21.8. The van der Waals surface area contributed by atoms with Crippen LogP contribution in [0.25, 0.3) is 0 Å². The molecule has 30 heavy (non-hydrogen) atoms. The molecule has 0 amide bonds. The van der Waals surface area contributed by atoms with Crippen LogP contribution in [0.1, 0.15) is 53.9 Å². The molecule has 1 atom stereocenters. The standard InChI is InChI=1S/C26H36O3Si/c1-24(2,3)30(21-12-8-6-9-13-21,22-14-10-7-11-15-22)29-23-16-17-26(20-25(23,4)5)27-18-19-28-26/h6-15,23H,16-20H2,1-5H3/t23-/m1/s1. The highest BCUT2D eigenvalue weighted by atomic mass is 28.4. The molecule has 0 aromatic heterocycles. The minimum absolute atomic E-state index is 0.0126. The normalized spacial score (nSPS) is 23.6. The van der Waals surface area contributed by atoms with E-state index in [4.69, 9.17) is 13.9 Å². The molecule has 1 saturated carbocycles. The Balaban J connectivity index is 1.77. The highest BCUT2D eigenvalue weighted by molar-refractivity contribution is 6.99. The molecule has 1 spiro atoms. The van der Waals surface area contributed by atoms with E-state index >= 15 is 0 Å². The summed E-state index contributed by atoms with van der Waals surface area (Å²) in [6.07, 6.45) is 2.89. The molecule has 2 aromatic rings. The maximum atomic E-state index is 7.46. The molecule has 0 unspecified atom stereocenters. The van der Waals surface area contributed by atoms with Gasteiger partial charge in [-0.15, -0.1) is 0 Å². The number of rotatable bonds is 4. The van der Waals surface area contributed by atoms with E-state index in [1.165, 1.54) is 10.4 Å². The second-order valence-electron chi connectivity index (χ2n) is 10.6. The Morgan fingerprint density at radius 3 is 1.80 bits per heavy atom. The molecule has 1 saturated heterocycles. The molecular formula is C26H36O3Si. The lowest BCUT2D eigenvalue weighted by atomic mass is 9.72. The maximum absolute atomic E-state index is 7.46. The summed E-state index contributed by atoms with van der Waals surface area (Å²) in [5.41, 5.74) is -0.0321. The van der Waals surface area contributed by atoms with Crippen molar-refractivity contribution in [2.24, 2.45) is 5.41 Å². The summed E-state index contributed by atoms with van der Waals surface area (Å²) in [5, 5.41) is 2.67. The molecule has 4 heteroatoms. The molecule has 0 bridgehead atoms. The smallest absolute Gasteiger partial charge is 0.261 e. The zero-order chi connectivity index (χ0) is 21.5. The molecule has 2 aliphatic rings. The molecule has 2 fully saturated rings.